The molecule has 0 radical (unpaired) electrons. The zero-order chi connectivity index (χ0) is 19.9. The molecule has 0 aromatic heterocycles. The molecule has 0 aliphatic carbocycles. The summed E-state index contributed by atoms with van der Waals surface area (Å²) in [5, 5.41) is 0. The van der Waals surface area contributed by atoms with E-state index in [4.69, 9.17) is 0 Å². The third-order valence-corrected chi connectivity index (χ3v) is 5.58. The van der Waals surface area contributed by atoms with Crippen LogP contribution >= 0.6 is 0 Å². The molecule has 4 heteroatoms. The van der Waals surface area contributed by atoms with Gasteiger partial charge in [0, 0.05) is 25.1 Å². The molecule has 1 saturated heterocycles. The number of Topliss-reactive ketones (excluding diaryl/α,β-unsaturated/α-hetero) is 2. The number of likely N-dealkylation sites (tertiary alicyclic amines) is 1. The van der Waals surface area contributed by atoms with Gasteiger partial charge in [-0.25, -0.2) is 0 Å². The van der Waals surface area contributed by atoms with Gasteiger partial charge in [-0.3, -0.25) is 14.4 Å². The predicted molar refractivity (Wildman–Crippen MR) is 109 cm³/mol. The molecule has 2 aromatic carbocycles. The number of amides is 1. The molecule has 1 fully saturated rings. The molecule has 1 atom stereocenters. The standard InChI is InChI=1S/C24H27NO3/c1-18(26)22(24(28)21-10-6-3-7-11-21)17-23(27)25-14-12-20(13-15-25)16-19-8-4-2-5-9-19/h2-11,20,22H,12-17H2,1H3/t22-/m1/s1. The zero-order valence-electron chi connectivity index (χ0n) is 16.3. The molecule has 2 aromatic rings. The second-order valence-electron chi connectivity index (χ2n) is 7.61. The third-order valence-electron chi connectivity index (χ3n) is 5.58. The SMILES string of the molecule is CC(=O)[C@@H](CC(=O)N1CCC(Cc2ccccc2)CC1)C(=O)c1ccccc1. The van der Waals surface area contributed by atoms with Crippen molar-refractivity contribution in [3.8, 4) is 0 Å². The van der Waals surface area contributed by atoms with Crippen LogP contribution in [-0.4, -0.2) is 35.5 Å². The van der Waals surface area contributed by atoms with Crippen LogP contribution in [-0.2, 0) is 16.0 Å². The van der Waals surface area contributed by atoms with E-state index in [0.29, 0.717) is 24.6 Å². The Morgan fingerprint density at radius 1 is 0.929 bits per heavy atom. The van der Waals surface area contributed by atoms with Gasteiger partial charge in [0.2, 0.25) is 5.91 Å². The van der Waals surface area contributed by atoms with Gasteiger partial charge < -0.3 is 4.90 Å². The predicted octanol–water partition coefficient (Wildman–Crippen LogP) is 3.95. The first-order valence-electron chi connectivity index (χ1n) is 9.96. The second kappa shape index (κ2) is 9.45. The van der Waals surface area contributed by atoms with Crippen molar-refractivity contribution >= 4 is 17.5 Å². The number of carbonyl (C=O) groups excluding carboxylic acids is 3. The van der Waals surface area contributed by atoms with Gasteiger partial charge in [-0.15, -0.1) is 0 Å². The lowest BCUT2D eigenvalue weighted by Gasteiger charge is -2.32. The maximum Gasteiger partial charge on any atom is 0.223 e. The van der Waals surface area contributed by atoms with Crippen molar-refractivity contribution < 1.29 is 14.4 Å². The average molecular weight is 377 g/mol. The Labute approximate surface area is 166 Å². The number of rotatable bonds is 7. The molecular formula is C24H27NO3. The minimum Gasteiger partial charge on any atom is -0.343 e. The molecule has 4 nitrogen and oxygen atoms in total. The van der Waals surface area contributed by atoms with Crippen LogP contribution in [0.3, 0.4) is 0 Å². The Hall–Kier alpha value is -2.75. The molecule has 0 N–H and O–H groups in total. The molecule has 28 heavy (non-hydrogen) atoms. The molecule has 1 heterocycles. The van der Waals surface area contributed by atoms with Crippen molar-refractivity contribution in [3.05, 3.63) is 71.8 Å². The first-order valence-corrected chi connectivity index (χ1v) is 9.96. The van der Waals surface area contributed by atoms with Gasteiger partial charge in [-0.1, -0.05) is 60.7 Å². The highest BCUT2D eigenvalue weighted by atomic mass is 16.2. The minimum absolute atomic E-state index is 0.0353. The van der Waals surface area contributed by atoms with Crippen LogP contribution in [0.15, 0.2) is 60.7 Å². The van der Waals surface area contributed by atoms with E-state index >= 15 is 0 Å². The smallest absolute Gasteiger partial charge is 0.223 e. The maximum absolute atomic E-state index is 12.7. The lowest BCUT2D eigenvalue weighted by atomic mass is 9.88. The van der Waals surface area contributed by atoms with Crippen molar-refractivity contribution in [1.82, 2.24) is 4.90 Å². The summed E-state index contributed by atoms with van der Waals surface area (Å²) in [6.45, 7) is 2.78. The molecular weight excluding hydrogens is 350 g/mol. The van der Waals surface area contributed by atoms with Crippen molar-refractivity contribution in [1.29, 1.82) is 0 Å². The van der Waals surface area contributed by atoms with Crippen molar-refractivity contribution in [2.45, 2.75) is 32.6 Å². The molecule has 1 aliphatic rings. The fraction of sp³-hybridized carbons (Fsp3) is 0.375. The van der Waals surface area contributed by atoms with Crippen molar-refractivity contribution in [3.63, 3.8) is 0 Å². The first kappa shape index (κ1) is 20.0. The number of benzene rings is 2. The highest BCUT2D eigenvalue weighted by Crippen LogP contribution is 2.23. The Kier molecular flexibility index (Phi) is 6.75. The zero-order valence-corrected chi connectivity index (χ0v) is 16.3. The van der Waals surface area contributed by atoms with Crippen LogP contribution in [0.2, 0.25) is 0 Å². The van der Waals surface area contributed by atoms with E-state index in [0.717, 1.165) is 19.3 Å². The van der Waals surface area contributed by atoms with E-state index in [-0.39, 0.29) is 23.9 Å². The van der Waals surface area contributed by atoms with E-state index in [1.54, 1.807) is 24.3 Å². The van der Waals surface area contributed by atoms with Gasteiger partial charge in [0.25, 0.3) is 0 Å². The third kappa shape index (κ3) is 5.16. The summed E-state index contributed by atoms with van der Waals surface area (Å²) in [4.78, 5) is 39.3. The molecule has 0 saturated carbocycles. The Morgan fingerprint density at radius 2 is 1.50 bits per heavy atom. The van der Waals surface area contributed by atoms with Crippen LogP contribution in [0.5, 0.6) is 0 Å². The number of ketones is 2. The van der Waals surface area contributed by atoms with Crippen LogP contribution in [0.25, 0.3) is 0 Å². The lowest BCUT2D eigenvalue weighted by Crippen LogP contribution is -2.41. The van der Waals surface area contributed by atoms with Crippen molar-refractivity contribution in [2.24, 2.45) is 11.8 Å². The minimum atomic E-state index is -0.892. The summed E-state index contributed by atoms with van der Waals surface area (Å²) < 4.78 is 0. The second-order valence-corrected chi connectivity index (χ2v) is 7.61. The van der Waals surface area contributed by atoms with E-state index in [1.165, 1.54) is 12.5 Å². The fourth-order valence-corrected chi connectivity index (χ4v) is 3.86. The van der Waals surface area contributed by atoms with Gasteiger partial charge in [0.1, 0.15) is 5.78 Å². The number of hydrogen-bond acceptors (Lipinski definition) is 3. The van der Waals surface area contributed by atoms with E-state index in [2.05, 4.69) is 24.3 Å². The van der Waals surface area contributed by atoms with Crippen molar-refractivity contribution in [2.75, 3.05) is 13.1 Å². The molecule has 3 rings (SSSR count). The summed E-state index contributed by atoms with van der Waals surface area (Å²) in [6, 6.07) is 19.2. The van der Waals surface area contributed by atoms with E-state index in [9.17, 15) is 14.4 Å². The normalized spacial score (nSPS) is 15.8. The number of carbonyl (C=O) groups is 3. The summed E-state index contributed by atoms with van der Waals surface area (Å²) >= 11 is 0. The molecule has 1 aliphatic heterocycles. The summed E-state index contributed by atoms with van der Waals surface area (Å²) in [5.41, 5.74) is 1.81. The van der Waals surface area contributed by atoms with Crippen LogP contribution < -0.4 is 0 Å². The Morgan fingerprint density at radius 3 is 2.07 bits per heavy atom. The average Bonchev–Trinajstić information content (AvgIpc) is 2.73. The first-order chi connectivity index (χ1) is 13.5. The van der Waals surface area contributed by atoms with Gasteiger partial charge in [-0.2, -0.15) is 0 Å². The van der Waals surface area contributed by atoms with E-state index < -0.39 is 5.92 Å². The molecule has 1 amide bonds. The fourth-order valence-electron chi connectivity index (χ4n) is 3.86. The van der Waals surface area contributed by atoms with E-state index in [1.807, 2.05) is 17.0 Å². The Balaban J connectivity index is 1.55. The molecule has 0 spiro atoms. The van der Waals surface area contributed by atoms with Gasteiger partial charge >= 0.3 is 0 Å². The number of nitrogens with zero attached hydrogens (tertiary/aromatic N) is 1. The molecule has 0 bridgehead atoms. The highest BCUT2D eigenvalue weighted by molar-refractivity contribution is 6.11. The van der Waals surface area contributed by atoms with Gasteiger partial charge in [0.05, 0.1) is 5.92 Å². The largest absolute Gasteiger partial charge is 0.343 e. The summed E-state index contributed by atoms with van der Waals surface area (Å²) in [6.07, 6.45) is 2.91. The van der Waals surface area contributed by atoms with Gasteiger partial charge in [-0.05, 0) is 37.7 Å². The lowest BCUT2D eigenvalue weighted by molar-refractivity contribution is -0.135. The maximum atomic E-state index is 12.7. The van der Waals surface area contributed by atoms with Crippen LogP contribution in [0.4, 0.5) is 0 Å². The topological polar surface area (TPSA) is 54.5 Å². The molecule has 146 valence electrons. The quantitative estimate of drug-likeness (QED) is 0.542. The number of hydrogen-bond donors (Lipinski definition) is 0. The summed E-state index contributed by atoms with van der Waals surface area (Å²) in [7, 11) is 0. The summed E-state index contributed by atoms with van der Waals surface area (Å²) in [5.74, 6) is -0.929. The van der Waals surface area contributed by atoms with Gasteiger partial charge in [0.15, 0.2) is 5.78 Å². The Bertz CT molecular complexity index is 808. The van der Waals surface area contributed by atoms with Crippen LogP contribution in [0, 0.1) is 11.8 Å². The van der Waals surface area contributed by atoms with Crippen LogP contribution in [0.1, 0.15) is 42.1 Å². The highest BCUT2D eigenvalue weighted by Gasteiger charge is 2.30. The molecule has 0 unspecified atom stereocenters. The number of piperidine rings is 1. The monoisotopic (exact) mass is 377 g/mol.